The molecule has 0 spiro atoms. The number of urea groups is 1. The maximum atomic E-state index is 12.9. The Morgan fingerprint density at radius 2 is 2.03 bits per heavy atom. The van der Waals surface area contributed by atoms with E-state index in [-0.39, 0.29) is 17.3 Å². The van der Waals surface area contributed by atoms with Gasteiger partial charge in [-0.25, -0.2) is 4.79 Å². The topological polar surface area (TPSA) is 71.3 Å². The first-order valence-corrected chi connectivity index (χ1v) is 9.49. The highest BCUT2D eigenvalue weighted by molar-refractivity contribution is 5.93. The first kappa shape index (κ1) is 19.9. The zero-order chi connectivity index (χ0) is 21.3. The minimum atomic E-state index is -4.55. The van der Waals surface area contributed by atoms with Crippen molar-refractivity contribution in [2.75, 3.05) is 11.4 Å². The van der Waals surface area contributed by atoms with E-state index in [1.807, 2.05) is 24.3 Å². The van der Waals surface area contributed by atoms with E-state index in [0.717, 1.165) is 36.4 Å². The van der Waals surface area contributed by atoms with Crippen LogP contribution >= 0.6 is 0 Å². The van der Waals surface area contributed by atoms with Crippen molar-refractivity contribution in [1.29, 1.82) is 0 Å². The van der Waals surface area contributed by atoms with Gasteiger partial charge in [0, 0.05) is 30.1 Å². The minimum Gasteiger partial charge on any atom is -0.359 e. The summed E-state index contributed by atoms with van der Waals surface area (Å²) in [5.41, 5.74) is 1.46. The second-order valence-electron chi connectivity index (χ2n) is 7.10. The van der Waals surface area contributed by atoms with Crippen molar-refractivity contribution in [2.24, 2.45) is 0 Å². The monoisotopic (exact) mass is 416 g/mol. The Kier molecular flexibility index (Phi) is 5.19. The van der Waals surface area contributed by atoms with Crippen LogP contribution < -0.4 is 10.2 Å². The number of rotatable bonds is 3. The van der Waals surface area contributed by atoms with Crippen molar-refractivity contribution < 1.29 is 22.5 Å². The number of nitrogens with zero attached hydrogens (tertiary/aromatic N) is 3. The van der Waals surface area contributed by atoms with Crippen LogP contribution in [0, 0.1) is 0 Å². The highest BCUT2D eigenvalue weighted by Gasteiger charge is 2.33. The van der Waals surface area contributed by atoms with Crippen LogP contribution in [0.4, 0.5) is 23.7 Å². The lowest BCUT2D eigenvalue weighted by Gasteiger charge is -2.30. The predicted octanol–water partition coefficient (Wildman–Crippen LogP) is 4.98. The number of halogens is 3. The highest BCUT2D eigenvalue weighted by Crippen LogP contribution is 2.31. The van der Waals surface area contributed by atoms with Gasteiger partial charge in [0.15, 0.2) is 5.76 Å². The van der Waals surface area contributed by atoms with E-state index in [0.29, 0.717) is 12.3 Å². The quantitative estimate of drug-likeness (QED) is 0.654. The van der Waals surface area contributed by atoms with Crippen LogP contribution in [0.1, 0.15) is 36.4 Å². The van der Waals surface area contributed by atoms with Crippen molar-refractivity contribution in [2.45, 2.75) is 32.0 Å². The Bertz CT molecular complexity index is 1060. The summed E-state index contributed by atoms with van der Waals surface area (Å²) in [7, 11) is 0. The van der Waals surface area contributed by atoms with E-state index in [9.17, 15) is 18.0 Å². The third-order valence-electron chi connectivity index (χ3n) is 5.00. The molecule has 4 rings (SSSR count). The summed E-state index contributed by atoms with van der Waals surface area (Å²) in [4.78, 5) is 17.8. The van der Waals surface area contributed by atoms with Gasteiger partial charge in [-0.15, -0.1) is 0 Å². The Morgan fingerprint density at radius 3 is 2.83 bits per heavy atom. The fourth-order valence-electron chi connectivity index (χ4n) is 3.45. The average Bonchev–Trinajstić information content (AvgIpc) is 3.23. The van der Waals surface area contributed by atoms with Crippen molar-refractivity contribution in [1.82, 2.24) is 15.5 Å². The molecule has 9 heteroatoms. The van der Waals surface area contributed by atoms with Gasteiger partial charge in [0.05, 0.1) is 6.04 Å². The maximum Gasteiger partial charge on any atom is 0.433 e. The van der Waals surface area contributed by atoms with Gasteiger partial charge in [-0.3, -0.25) is 9.88 Å². The molecule has 1 aromatic carbocycles. The molecule has 1 unspecified atom stereocenters. The van der Waals surface area contributed by atoms with Gasteiger partial charge in [-0.1, -0.05) is 23.4 Å². The number of amides is 2. The Balaban J connectivity index is 1.49. The zero-order valence-corrected chi connectivity index (χ0v) is 16.1. The van der Waals surface area contributed by atoms with E-state index in [1.54, 1.807) is 11.8 Å². The van der Waals surface area contributed by atoms with Crippen LogP contribution in [0.15, 0.2) is 53.2 Å². The number of aryl methyl sites for hydroxylation is 1. The van der Waals surface area contributed by atoms with Gasteiger partial charge >= 0.3 is 12.2 Å². The molecule has 1 atom stereocenters. The standard InChI is InChI=1S/C21H19F3N4O2/c1-13(26-20(29)28-10-4-6-14-5-2-3-7-17(14)28)18-12-16(27-30-18)15-8-9-25-19(11-15)21(22,23)24/h2-3,5,7-9,11-13H,4,6,10H2,1H3,(H,26,29). The average molecular weight is 416 g/mol. The number of anilines is 1. The summed E-state index contributed by atoms with van der Waals surface area (Å²) in [6, 6.07) is 10.8. The number of hydrogen-bond donors (Lipinski definition) is 1. The molecule has 1 aliphatic heterocycles. The van der Waals surface area contributed by atoms with Gasteiger partial charge in [0.2, 0.25) is 0 Å². The summed E-state index contributed by atoms with van der Waals surface area (Å²) in [5.74, 6) is 0.342. The number of aromatic nitrogens is 2. The summed E-state index contributed by atoms with van der Waals surface area (Å²) in [5, 5.41) is 6.72. The molecular weight excluding hydrogens is 397 g/mol. The number of nitrogens with one attached hydrogen (secondary N) is 1. The molecule has 6 nitrogen and oxygen atoms in total. The zero-order valence-electron chi connectivity index (χ0n) is 16.1. The number of pyridine rings is 1. The fourth-order valence-corrected chi connectivity index (χ4v) is 3.45. The molecular formula is C21H19F3N4O2. The lowest BCUT2D eigenvalue weighted by Crippen LogP contribution is -2.43. The predicted molar refractivity (Wildman–Crippen MR) is 104 cm³/mol. The lowest BCUT2D eigenvalue weighted by molar-refractivity contribution is -0.141. The van der Waals surface area contributed by atoms with Gasteiger partial charge in [0.1, 0.15) is 11.4 Å². The number of para-hydroxylation sites is 1. The molecule has 3 aromatic rings. The number of benzene rings is 1. The lowest BCUT2D eigenvalue weighted by atomic mass is 10.0. The molecule has 3 heterocycles. The van der Waals surface area contributed by atoms with Crippen molar-refractivity contribution in [3.05, 3.63) is 65.7 Å². The number of fused-ring (bicyclic) bond motifs is 1. The molecule has 0 aliphatic carbocycles. The second-order valence-corrected chi connectivity index (χ2v) is 7.10. The molecule has 1 N–H and O–H groups in total. The Morgan fingerprint density at radius 1 is 1.23 bits per heavy atom. The molecule has 0 fully saturated rings. The van der Waals surface area contributed by atoms with Gasteiger partial charge in [-0.2, -0.15) is 13.2 Å². The van der Waals surface area contributed by atoms with Crippen molar-refractivity contribution in [3.8, 4) is 11.3 Å². The Labute approximate surface area is 170 Å². The van der Waals surface area contributed by atoms with Gasteiger partial charge < -0.3 is 9.84 Å². The number of carbonyl (C=O) groups is 1. The molecule has 0 radical (unpaired) electrons. The smallest absolute Gasteiger partial charge is 0.359 e. The summed E-state index contributed by atoms with van der Waals surface area (Å²) in [6.45, 7) is 2.33. The van der Waals surface area contributed by atoms with E-state index < -0.39 is 17.9 Å². The number of alkyl halides is 3. The van der Waals surface area contributed by atoms with E-state index in [2.05, 4.69) is 15.5 Å². The number of carbonyl (C=O) groups excluding carboxylic acids is 1. The minimum absolute atomic E-state index is 0.232. The van der Waals surface area contributed by atoms with Crippen LogP contribution in [0.25, 0.3) is 11.3 Å². The fraction of sp³-hybridized carbons (Fsp3) is 0.286. The van der Waals surface area contributed by atoms with Crippen molar-refractivity contribution in [3.63, 3.8) is 0 Å². The third kappa shape index (κ3) is 4.00. The SMILES string of the molecule is CC(NC(=O)N1CCCc2ccccc21)c1cc(-c2ccnc(C(F)(F)F)c2)no1. The van der Waals surface area contributed by atoms with Gasteiger partial charge in [-0.05, 0) is 43.5 Å². The largest absolute Gasteiger partial charge is 0.433 e. The van der Waals surface area contributed by atoms with E-state index in [4.69, 9.17) is 4.52 Å². The highest BCUT2D eigenvalue weighted by atomic mass is 19.4. The molecule has 156 valence electrons. The van der Waals surface area contributed by atoms with Crippen LogP contribution in [0.3, 0.4) is 0 Å². The van der Waals surface area contributed by atoms with E-state index >= 15 is 0 Å². The summed E-state index contributed by atoms with van der Waals surface area (Å²) < 4.78 is 43.9. The molecule has 30 heavy (non-hydrogen) atoms. The first-order valence-electron chi connectivity index (χ1n) is 9.49. The number of hydrogen-bond acceptors (Lipinski definition) is 4. The van der Waals surface area contributed by atoms with Crippen LogP contribution in [0.2, 0.25) is 0 Å². The van der Waals surface area contributed by atoms with Gasteiger partial charge in [0.25, 0.3) is 0 Å². The summed E-state index contributed by atoms with van der Waals surface area (Å²) >= 11 is 0. The molecule has 0 saturated carbocycles. The molecule has 0 bridgehead atoms. The second kappa shape index (κ2) is 7.81. The van der Waals surface area contributed by atoms with Crippen LogP contribution in [0.5, 0.6) is 0 Å². The molecule has 2 amide bonds. The van der Waals surface area contributed by atoms with Crippen LogP contribution in [-0.2, 0) is 12.6 Å². The summed E-state index contributed by atoms with van der Waals surface area (Å²) in [6.07, 6.45) is -1.68. The molecule has 1 aliphatic rings. The molecule has 2 aromatic heterocycles. The third-order valence-corrected chi connectivity index (χ3v) is 5.00. The maximum absolute atomic E-state index is 12.9. The normalized spacial score (nSPS) is 14.9. The Hall–Kier alpha value is -3.36. The van der Waals surface area contributed by atoms with E-state index in [1.165, 1.54) is 12.1 Å². The van der Waals surface area contributed by atoms with Crippen LogP contribution in [-0.4, -0.2) is 22.7 Å². The van der Waals surface area contributed by atoms with Crippen molar-refractivity contribution >= 4 is 11.7 Å². The molecule has 0 saturated heterocycles. The first-order chi connectivity index (χ1) is 14.3.